The highest BCUT2D eigenvalue weighted by Crippen LogP contribution is 2.41. The van der Waals surface area contributed by atoms with E-state index in [0.29, 0.717) is 47.1 Å². The Hall–Kier alpha value is -4.70. The summed E-state index contributed by atoms with van der Waals surface area (Å²) in [7, 11) is 1.57. The first-order chi connectivity index (χ1) is 21.4. The van der Waals surface area contributed by atoms with Gasteiger partial charge in [0.05, 0.1) is 25.3 Å². The van der Waals surface area contributed by atoms with Crippen LogP contribution in [0.25, 0.3) is 10.9 Å². The molecule has 228 valence electrons. The van der Waals surface area contributed by atoms with E-state index in [0.717, 1.165) is 49.9 Å². The number of nitrogens with one attached hydrogen (secondary N) is 1. The monoisotopic (exact) mass is 598 g/mol. The van der Waals surface area contributed by atoms with Crippen LogP contribution in [0.3, 0.4) is 0 Å². The third-order valence-electron chi connectivity index (χ3n) is 8.41. The number of aryl methyl sites for hydroxylation is 1. The van der Waals surface area contributed by atoms with E-state index >= 15 is 4.39 Å². The second-order valence-corrected chi connectivity index (χ2v) is 11.2. The number of ether oxygens (including phenoxy) is 3. The van der Waals surface area contributed by atoms with Gasteiger partial charge in [-0.15, -0.1) is 0 Å². The summed E-state index contributed by atoms with van der Waals surface area (Å²) >= 11 is 0. The third kappa shape index (κ3) is 6.03. The lowest BCUT2D eigenvalue weighted by molar-refractivity contribution is -0.136. The summed E-state index contributed by atoms with van der Waals surface area (Å²) in [5.74, 6) is -0.816. The number of methoxy groups -OCH3 is 1. The number of piperidine rings is 1. The highest BCUT2D eigenvalue weighted by molar-refractivity contribution is 6.40. The van der Waals surface area contributed by atoms with Crippen molar-refractivity contribution in [2.45, 2.75) is 38.1 Å². The lowest BCUT2D eigenvalue weighted by Gasteiger charge is -2.35. The number of halogens is 1. The van der Waals surface area contributed by atoms with Crippen LogP contribution >= 0.6 is 0 Å². The molecule has 1 saturated heterocycles. The number of rotatable bonds is 8. The lowest BCUT2D eigenvalue weighted by atomic mass is 9.86. The zero-order chi connectivity index (χ0) is 30.6. The number of carbonyl (C=O) groups excluding carboxylic acids is 2. The van der Waals surface area contributed by atoms with Gasteiger partial charge in [0.1, 0.15) is 5.75 Å². The molecule has 0 spiro atoms. The predicted octanol–water partition coefficient (Wildman–Crippen LogP) is 5.45. The second kappa shape index (κ2) is 12.9. The van der Waals surface area contributed by atoms with Gasteiger partial charge >= 0.3 is 11.8 Å². The van der Waals surface area contributed by atoms with Crippen molar-refractivity contribution in [3.63, 3.8) is 0 Å². The standard InChI is InChI=1S/C34H35FN4O5/c1-42-31-18-25-27(19-32(31)43-20-21-11-14-37-15-12-21)38-16-13-29(25)44-30-10-9-23(17-26(30)35)39(34(41)33(36)40)28-8-4-6-22-5-2-3-7-24(22)28/h2-3,5,7,9-10,13,16-19,21,28,37H,4,6,8,11-12,14-15,20H2,1H3,(H2,36,40). The van der Waals surface area contributed by atoms with Crippen LogP contribution in [0.2, 0.25) is 0 Å². The molecule has 0 bridgehead atoms. The third-order valence-corrected chi connectivity index (χ3v) is 8.41. The van der Waals surface area contributed by atoms with Gasteiger partial charge in [0.15, 0.2) is 23.1 Å². The van der Waals surface area contributed by atoms with Crippen LogP contribution < -0.4 is 30.2 Å². The van der Waals surface area contributed by atoms with Crippen LogP contribution in [0.15, 0.2) is 66.9 Å². The van der Waals surface area contributed by atoms with Gasteiger partial charge in [-0.25, -0.2) is 4.39 Å². The minimum atomic E-state index is -1.11. The maximum absolute atomic E-state index is 15.7. The molecule has 6 rings (SSSR count). The zero-order valence-electron chi connectivity index (χ0n) is 24.6. The van der Waals surface area contributed by atoms with Crippen LogP contribution in [-0.2, 0) is 16.0 Å². The van der Waals surface area contributed by atoms with Gasteiger partial charge in [-0.2, -0.15) is 0 Å². The van der Waals surface area contributed by atoms with Gasteiger partial charge < -0.3 is 25.3 Å². The van der Waals surface area contributed by atoms with Crippen molar-refractivity contribution in [3.05, 3.63) is 83.8 Å². The quantitative estimate of drug-likeness (QED) is 0.259. The normalized spacial score (nSPS) is 16.6. The van der Waals surface area contributed by atoms with Crippen molar-refractivity contribution in [2.24, 2.45) is 11.7 Å². The number of nitrogens with zero attached hydrogens (tertiary/aromatic N) is 2. The summed E-state index contributed by atoms with van der Waals surface area (Å²) in [5, 5.41) is 3.98. The van der Waals surface area contributed by atoms with E-state index in [-0.39, 0.29) is 11.4 Å². The molecular formula is C34H35FN4O5. The average molecular weight is 599 g/mol. The summed E-state index contributed by atoms with van der Waals surface area (Å²) in [4.78, 5) is 30.9. The molecule has 0 saturated carbocycles. The number of carbonyl (C=O) groups is 2. The van der Waals surface area contributed by atoms with E-state index in [1.807, 2.05) is 24.3 Å². The Morgan fingerprint density at radius 3 is 2.59 bits per heavy atom. The molecule has 3 N–H and O–H groups in total. The van der Waals surface area contributed by atoms with Crippen LogP contribution in [0.1, 0.15) is 42.9 Å². The molecule has 1 fully saturated rings. The highest BCUT2D eigenvalue weighted by Gasteiger charge is 2.33. The van der Waals surface area contributed by atoms with Gasteiger partial charge in [0.25, 0.3) is 0 Å². The molecule has 2 heterocycles. The molecule has 0 radical (unpaired) electrons. The van der Waals surface area contributed by atoms with Gasteiger partial charge in [0, 0.05) is 29.4 Å². The number of aromatic nitrogens is 1. The van der Waals surface area contributed by atoms with Crippen molar-refractivity contribution in [3.8, 4) is 23.0 Å². The van der Waals surface area contributed by atoms with E-state index in [2.05, 4.69) is 10.3 Å². The molecule has 10 heteroatoms. The van der Waals surface area contributed by atoms with Gasteiger partial charge in [-0.05, 0) is 86.5 Å². The highest BCUT2D eigenvalue weighted by atomic mass is 19.1. The van der Waals surface area contributed by atoms with E-state index in [1.165, 1.54) is 17.0 Å². The Balaban J connectivity index is 1.28. The number of amides is 2. The maximum atomic E-state index is 15.7. The SMILES string of the molecule is COc1cc2c(Oc3ccc(N(C(=O)C(N)=O)C4CCCc5ccccc54)cc3F)ccnc2cc1OCC1CCNCC1. The first-order valence-electron chi connectivity index (χ1n) is 14.9. The molecule has 1 aliphatic heterocycles. The van der Waals surface area contributed by atoms with E-state index in [9.17, 15) is 9.59 Å². The van der Waals surface area contributed by atoms with Gasteiger partial charge in [-0.1, -0.05) is 24.3 Å². The van der Waals surface area contributed by atoms with Crippen molar-refractivity contribution in [1.82, 2.24) is 10.3 Å². The summed E-state index contributed by atoms with van der Waals surface area (Å²) in [6, 6.07) is 16.7. The number of pyridine rings is 1. The van der Waals surface area contributed by atoms with Crippen LogP contribution in [0.5, 0.6) is 23.0 Å². The predicted molar refractivity (Wildman–Crippen MR) is 165 cm³/mol. The first kappa shape index (κ1) is 29.4. The minimum absolute atomic E-state index is 0.0537. The van der Waals surface area contributed by atoms with Crippen LogP contribution in [0, 0.1) is 11.7 Å². The Bertz CT molecular complexity index is 1690. The molecular weight excluding hydrogens is 563 g/mol. The zero-order valence-corrected chi connectivity index (χ0v) is 24.6. The Morgan fingerprint density at radius 1 is 1.00 bits per heavy atom. The average Bonchev–Trinajstić information content (AvgIpc) is 3.05. The molecule has 2 amide bonds. The Kier molecular flexibility index (Phi) is 8.60. The van der Waals surface area contributed by atoms with Gasteiger partial charge in [0.2, 0.25) is 0 Å². The van der Waals surface area contributed by atoms with Crippen LogP contribution in [0.4, 0.5) is 10.1 Å². The maximum Gasteiger partial charge on any atom is 0.316 e. The number of nitrogens with two attached hydrogens (primary N) is 1. The molecule has 1 aliphatic carbocycles. The number of hydrogen-bond donors (Lipinski definition) is 2. The number of anilines is 1. The minimum Gasteiger partial charge on any atom is -0.493 e. The largest absolute Gasteiger partial charge is 0.493 e. The van der Waals surface area contributed by atoms with E-state index < -0.39 is 23.7 Å². The fourth-order valence-electron chi connectivity index (χ4n) is 6.14. The Labute approximate surface area is 255 Å². The summed E-state index contributed by atoms with van der Waals surface area (Å²) in [6.45, 7) is 2.55. The molecule has 2 aliphatic rings. The van der Waals surface area contributed by atoms with Crippen molar-refractivity contribution in [1.29, 1.82) is 0 Å². The van der Waals surface area contributed by atoms with E-state index in [4.69, 9.17) is 19.9 Å². The summed E-state index contributed by atoms with van der Waals surface area (Å²) in [5.41, 5.74) is 8.28. The lowest BCUT2D eigenvalue weighted by Crippen LogP contribution is -2.43. The number of hydrogen-bond acceptors (Lipinski definition) is 7. The number of primary amides is 1. The fraction of sp³-hybridized carbons (Fsp3) is 0.324. The van der Waals surface area contributed by atoms with Crippen molar-refractivity contribution < 1.29 is 28.2 Å². The van der Waals surface area contributed by atoms with Gasteiger partial charge in [-0.3, -0.25) is 19.5 Å². The molecule has 1 unspecified atom stereocenters. The molecule has 4 aromatic rings. The summed E-state index contributed by atoms with van der Waals surface area (Å²) < 4.78 is 33.5. The molecule has 1 aromatic heterocycles. The molecule has 44 heavy (non-hydrogen) atoms. The topological polar surface area (TPSA) is 116 Å². The number of fused-ring (bicyclic) bond motifs is 2. The number of benzene rings is 3. The first-order valence-corrected chi connectivity index (χ1v) is 14.9. The Morgan fingerprint density at radius 2 is 1.82 bits per heavy atom. The molecule has 9 nitrogen and oxygen atoms in total. The smallest absolute Gasteiger partial charge is 0.316 e. The molecule has 3 aromatic carbocycles. The molecule has 1 atom stereocenters. The van der Waals surface area contributed by atoms with Crippen molar-refractivity contribution in [2.75, 3.05) is 31.7 Å². The van der Waals surface area contributed by atoms with Crippen LogP contribution in [-0.4, -0.2) is 43.6 Å². The van der Waals surface area contributed by atoms with Crippen molar-refractivity contribution >= 4 is 28.4 Å². The summed E-state index contributed by atoms with van der Waals surface area (Å²) in [6.07, 6.45) is 5.99. The fourth-order valence-corrected chi connectivity index (χ4v) is 6.14. The second-order valence-electron chi connectivity index (χ2n) is 11.2. The van der Waals surface area contributed by atoms with E-state index in [1.54, 1.807) is 37.6 Å².